The smallest absolute Gasteiger partial charge is 0.234 e. The zero-order valence-corrected chi connectivity index (χ0v) is 11.1. The molecular weight excluding hydrogens is 228 g/mol. The first-order valence-corrected chi connectivity index (χ1v) is 6.24. The molecule has 0 aliphatic rings. The van der Waals surface area contributed by atoms with Crippen LogP contribution in [0.2, 0.25) is 0 Å². The van der Waals surface area contributed by atoms with Gasteiger partial charge in [0, 0.05) is 31.1 Å². The van der Waals surface area contributed by atoms with Gasteiger partial charge in [-0.1, -0.05) is 6.92 Å². The molecule has 2 N–H and O–H groups in total. The molecule has 0 radical (unpaired) electrons. The summed E-state index contributed by atoms with van der Waals surface area (Å²) in [4.78, 5) is 8.72. The van der Waals surface area contributed by atoms with Crippen LogP contribution in [0.4, 0.5) is 0 Å². The van der Waals surface area contributed by atoms with E-state index in [2.05, 4.69) is 32.7 Å². The molecule has 0 aliphatic heterocycles. The summed E-state index contributed by atoms with van der Waals surface area (Å²) in [7, 11) is 0. The molecule has 0 spiro atoms. The molecule has 1 unspecified atom stereocenters. The van der Waals surface area contributed by atoms with E-state index in [0.29, 0.717) is 0 Å². The van der Waals surface area contributed by atoms with E-state index < -0.39 is 0 Å². The summed E-state index contributed by atoms with van der Waals surface area (Å²) in [6.07, 6.45) is 1.85. The van der Waals surface area contributed by atoms with Crippen LogP contribution in [0.1, 0.15) is 24.0 Å². The monoisotopic (exact) mass is 248 g/mol. The van der Waals surface area contributed by atoms with E-state index in [4.69, 9.17) is 5.11 Å². The van der Waals surface area contributed by atoms with Crippen molar-refractivity contribution in [1.82, 2.24) is 19.7 Å². The third-order valence-corrected chi connectivity index (χ3v) is 2.97. The fourth-order valence-electron chi connectivity index (χ4n) is 2.03. The van der Waals surface area contributed by atoms with Gasteiger partial charge >= 0.3 is 0 Å². The highest BCUT2D eigenvalue weighted by molar-refractivity contribution is 5.35. The molecule has 2 heterocycles. The van der Waals surface area contributed by atoms with Gasteiger partial charge in [-0.2, -0.15) is 0 Å². The van der Waals surface area contributed by atoms with E-state index in [-0.39, 0.29) is 12.5 Å². The molecule has 0 saturated carbocycles. The fourth-order valence-corrected chi connectivity index (χ4v) is 2.03. The average molecular weight is 248 g/mol. The molecule has 1 atom stereocenters. The Kier molecular flexibility index (Phi) is 3.93. The van der Waals surface area contributed by atoms with Gasteiger partial charge < -0.3 is 10.4 Å². The topological polar surface area (TPSA) is 62.5 Å². The van der Waals surface area contributed by atoms with Crippen molar-refractivity contribution < 1.29 is 5.11 Å². The zero-order chi connectivity index (χ0) is 13.1. The van der Waals surface area contributed by atoms with Crippen molar-refractivity contribution in [2.24, 2.45) is 5.92 Å². The summed E-state index contributed by atoms with van der Waals surface area (Å²) in [6, 6.07) is 2.05. The van der Waals surface area contributed by atoms with Gasteiger partial charge in [0.1, 0.15) is 0 Å². The summed E-state index contributed by atoms with van der Waals surface area (Å²) in [6.45, 7) is 7.78. The Labute approximate surface area is 107 Å². The van der Waals surface area contributed by atoms with Crippen LogP contribution >= 0.6 is 0 Å². The third kappa shape index (κ3) is 2.68. The first-order valence-electron chi connectivity index (χ1n) is 6.24. The number of nitrogens with one attached hydrogen (secondary N) is 1. The lowest BCUT2D eigenvalue weighted by Gasteiger charge is -2.10. The van der Waals surface area contributed by atoms with E-state index in [1.165, 1.54) is 0 Å². The molecular formula is C13H20N4O. The van der Waals surface area contributed by atoms with Gasteiger partial charge in [0.05, 0.1) is 11.9 Å². The summed E-state index contributed by atoms with van der Waals surface area (Å²) in [5.41, 5.74) is 3.22. The Bertz CT molecular complexity index is 535. The number of rotatable bonds is 5. The van der Waals surface area contributed by atoms with Crippen LogP contribution in [0.25, 0.3) is 5.78 Å². The average Bonchev–Trinajstić information content (AvgIpc) is 2.72. The maximum absolute atomic E-state index is 8.97. The van der Waals surface area contributed by atoms with Crippen molar-refractivity contribution >= 4 is 5.78 Å². The Morgan fingerprint density at radius 3 is 2.94 bits per heavy atom. The lowest BCUT2D eigenvalue weighted by molar-refractivity contribution is 0.233. The largest absolute Gasteiger partial charge is 0.396 e. The third-order valence-electron chi connectivity index (χ3n) is 2.97. The van der Waals surface area contributed by atoms with Crippen molar-refractivity contribution in [3.05, 3.63) is 29.3 Å². The standard InChI is InChI=1S/C13H20N4O/c1-9(8-18)5-14-6-12-7-15-13-16-10(2)4-11(3)17(12)13/h4,7,9,14,18H,5-6,8H2,1-3H3. The van der Waals surface area contributed by atoms with Gasteiger partial charge in [0.25, 0.3) is 0 Å². The van der Waals surface area contributed by atoms with E-state index >= 15 is 0 Å². The van der Waals surface area contributed by atoms with E-state index in [1.54, 1.807) is 0 Å². The fraction of sp³-hybridized carbons (Fsp3) is 0.538. The molecule has 18 heavy (non-hydrogen) atoms. The van der Waals surface area contributed by atoms with Crippen molar-refractivity contribution in [2.75, 3.05) is 13.2 Å². The zero-order valence-electron chi connectivity index (χ0n) is 11.1. The highest BCUT2D eigenvalue weighted by Gasteiger charge is 2.07. The lowest BCUT2D eigenvalue weighted by Crippen LogP contribution is -2.23. The van der Waals surface area contributed by atoms with Crippen molar-refractivity contribution in [2.45, 2.75) is 27.3 Å². The van der Waals surface area contributed by atoms with Gasteiger partial charge in [-0.15, -0.1) is 0 Å². The number of aliphatic hydroxyl groups excluding tert-OH is 1. The van der Waals surface area contributed by atoms with Gasteiger partial charge in [0.2, 0.25) is 5.78 Å². The van der Waals surface area contributed by atoms with Crippen LogP contribution in [0.3, 0.4) is 0 Å². The number of fused-ring (bicyclic) bond motifs is 1. The van der Waals surface area contributed by atoms with Crippen LogP contribution in [0.15, 0.2) is 12.3 Å². The quantitative estimate of drug-likeness (QED) is 0.830. The molecule has 2 aromatic heterocycles. The molecule has 0 amide bonds. The second kappa shape index (κ2) is 5.46. The highest BCUT2D eigenvalue weighted by Crippen LogP contribution is 2.10. The summed E-state index contributed by atoms with van der Waals surface area (Å²) in [5, 5.41) is 12.3. The maximum atomic E-state index is 8.97. The van der Waals surface area contributed by atoms with E-state index in [1.807, 2.05) is 20.0 Å². The van der Waals surface area contributed by atoms with Crippen LogP contribution in [-0.4, -0.2) is 32.6 Å². The lowest BCUT2D eigenvalue weighted by atomic mass is 10.2. The summed E-state index contributed by atoms with van der Waals surface area (Å²) in [5.74, 6) is 1.02. The Morgan fingerprint density at radius 2 is 2.22 bits per heavy atom. The van der Waals surface area contributed by atoms with Crippen LogP contribution < -0.4 is 5.32 Å². The number of aromatic nitrogens is 3. The predicted octanol–water partition coefficient (Wildman–Crippen LogP) is 1.06. The molecule has 5 heteroatoms. The minimum atomic E-state index is 0.208. The predicted molar refractivity (Wildman–Crippen MR) is 70.4 cm³/mol. The number of hydrogen-bond donors (Lipinski definition) is 2. The van der Waals surface area contributed by atoms with Crippen molar-refractivity contribution in [1.29, 1.82) is 0 Å². The Balaban J connectivity index is 2.14. The number of imidazole rings is 1. The number of aliphatic hydroxyl groups is 1. The second-order valence-electron chi connectivity index (χ2n) is 4.84. The highest BCUT2D eigenvalue weighted by atomic mass is 16.3. The van der Waals surface area contributed by atoms with Crippen LogP contribution in [-0.2, 0) is 6.54 Å². The molecule has 5 nitrogen and oxygen atoms in total. The summed E-state index contributed by atoms with van der Waals surface area (Å²) < 4.78 is 2.06. The Hall–Kier alpha value is -1.46. The first-order chi connectivity index (χ1) is 8.61. The maximum Gasteiger partial charge on any atom is 0.234 e. The number of nitrogens with zero attached hydrogens (tertiary/aromatic N) is 3. The molecule has 2 rings (SSSR count). The van der Waals surface area contributed by atoms with E-state index in [0.717, 1.165) is 35.9 Å². The molecule has 2 aromatic rings. The molecule has 0 aliphatic carbocycles. The summed E-state index contributed by atoms with van der Waals surface area (Å²) >= 11 is 0. The van der Waals surface area contributed by atoms with Crippen molar-refractivity contribution in [3.63, 3.8) is 0 Å². The van der Waals surface area contributed by atoms with Crippen molar-refractivity contribution in [3.8, 4) is 0 Å². The molecule has 0 aromatic carbocycles. The van der Waals surface area contributed by atoms with Gasteiger partial charge in [-0.05, 0) is 25.8 Å². The SMILES string of the molecule is Cc1cc(C)n2c(CNCC(C)CO)cnc2n1. The van der Waals surface area contributed by atoms with E-state index in [9.17, 15) is 0 Å². The molecule has 0 fully saturated rings. The molecule has 0 bridgehead atoms. The van der Waals surface area contributed by atoms with Crippen LogP contribution in [0, 0.1) is 19.8 Å². The van der Waals surface area contributed by atoms with Crippen LogP contribution in [0.5, 0.6) is 0 Å². The van der Waals surface area contributed by atoms with Gasteiger partial charge in [-0.25, -0.2) is 9.97 Å². The first kappa shape index (κ1) is 13.0. The normalized spacial score (nSPS) is 13.1. The number of hydrogen-bond acceptors (Lipinski definition) is 4. The number of aryl methyl sites for hydroxylation is 2. The molecule has 0 saturated heterocycles. The Morgan fingerprint density at radius 1 is 1.44 bits per heavy atom. The second-order valence-corrected chi connectivity index (χ2v) is 4.84. The minimum absolute atomic E-state index is 0.208. The van der Waals surface area contributed by atoms with Gasteiger partial charge in [-0.3, -0.25) is 4.40 Å². The van der Waals surface area contributed by atoms with Gasteiger partial charge in [0.15, 0.2) is 0 Å². The minimum Gasteiger partial charge on any atom is -0.396 e. The molecule has 98 valence electrons.